The van der Waals surface area contributed by atoms with Gasteiger partial charge in [0.05, 0.1) is 0 Å². The molecule has 2 bridgehead atoms. The van der Waals surface area contributed by atoms with Gasteiger partial charge in [0.2, 0.25) is 0 Å². The molecule has 2 aliphatic rings. The molecule has 13 heavy (non-hydrogen) atoms. The Kier molecular flexibility index (Phi) is 1.82. The van der Waals surface area contributed by atoms with Crippen molar-refractivity contribution in [3.8, 4) is 0 Å². The molecule has 2 rings (SSSR count). The van der Waals surface area contributed by atoms with E-state index in [1.807, 2.05) is 0 Å². The van der Waals surface area contributed by atoms with Crippen molar-refractivity contribution < 1.29 is 4.79 Å². The van der Waals surface area contributed by atoms with Gasteiger partial charge in [-0.2, -0.15) is 0 Å². The minimum absolute atomic E-state index is 0.107. The average Bonchev–Trinajstić information content (AvgIpc) is 2.01. The third-order valence-corrected chi connectivity index (χ3v) is 3.88. The van der Waals surface area contributed by atoms with E-state index in [9.17, 15) is 4.79 Å². The maximum atomic E-state index is 11.9. The number of hydrogen-bond acceptors (Lipinski definition) is 2. The van der Waals surface area contributed by atoms with E-state index in [1.54, 1.807) is 0 Å². The number of rotatable bonds is 0. The van der Waals surface area contributed by atoms with Gasteiger partial charge in [0, 0.05) is 23.4 Å². The minimum atomic E-state index is -0.139. The maximum absolute atomic E-state index is 11.9. The van der Waals surface area contributed by atoms with Crippen LogP contribution in [-0.2, 0) is 4.79 Å². The Balaban J connectivity index is 2.28. The molecule has 74 valence electrons. The van der Waals surface area contributed by atoms with Crippen molar-refractivity contribution in [1.82, 2.24) is 5.32 Å². The van der Waals surface area contributed by atoms with Crippen molar-refractivity contribution in [2.75, 3.05) is 0 Å². The number of ketones is 1. The first kappa shape index (κ1) is 9.20. The van der Waals surface area contributed by atoms with Crippen LogP contribution in [0, 0.1) is 5.41 Å². The molecule has 0 spiro atoms. The van der Waals surface area contributed by atoms with Crippen LogP contribution in [0.3, 0.4) is 0 Å². The summed E-state index contributed by atoms with van der Waals surface area (Å²) in [5.41, 5.74) is -0.0323. The Morgan fingerprint density at radius 3 is 2.77 bits per heavy atom. The summed E-state index contributed by atoms with van der Waals surface area (Å²) < 4.78 is 0. The van der Waals surface area contributed by atoms with Crippen molar-refractivity contribution >= 4 is 5.78 Å². The molecule has 0 aromatic heterocycles. The van der Waals surface area contributed by atoms with Crippen LogP contribution in [0.5, 0.6) is 0 Å². The smallest absolute Gasteiger partial charge is 0.141 e. The van der Waals surface area contributed by atoms with Gasteiger partial charge in [-0.3, -0.25) is 4.79 Å². The van der Waals surface area contributed by atoms with Crippen LogP contribution < -0.4 is 5.32 Å². The lowest BCUT2D eigenvalue weighted by molar-refractivity contribution is -0.136. The lowest BCUT2D eigenvalue weighted by Gasteiger charge is -2.51. The summed E-state index contributed by atoms with van der Waals surface area (Å²) in [6.07, 6.45) is 4.31. The van der Waals surface area contributed by atoms with E-state index >= 15 is 0 Å². The quantitative estimate of drug-likeness (QED) is 0.618. The summed E-state index contributed by atoms with van der Waals surface area (Å²) in [5.74, 6) is 0.443. The fraction of sp³-hybridized carbons (Fsp3) is 0.909. The molecule has 0 aromatic rings. The van der Waals surface area contributed by atoms with Crippen LogP contribution in [-0.4, -0.2) is 17.4 Å². The van der Waals surface area contributed by atoms with Gasteiger partial charge in [-0.05, 0) is 19.8 Å². The molecular formula is C11H19NO. The minimum Gasteiger partial charge on any atom is -0.307 e. The fourth-order valence-corrected chi connectivity index (χ4v) is 2.72. The van der Waals surface area contributed by atoms with Crippen molar-refractivity contribution in [3.63, 3.8) is 0 Å². The van der Waals surface area contributed by atoms with Crippen molar-refractivity contribution in [2.24, 2.45) is 5.41 Å². The summed E-state index contributed by atoms with van der Waals surface area (Å²) >= 11 is 0. The first-order valence-electron chi connectivity index (χ1n) is 5.25. The third-order valence-electron chi connectivity index (χ3n) is 3.88. The van der Waals surface area contributed by atoms with Gasteiger partial charge in [0.1, 0.15) is 5.78 Å². The summed E-state index contributed by atoms with van der Waals surface area (Å²) in [6.45, 7) is 6.35. The maximum Gasteiger partial charge on any atom is 0.141 e. The molecule has 2 aliphatic heterocycles. The molecule has 2 fully saturated rings. The van der Waals surface area contributed by atoms with Crippen LogP contribution in [0.2, 0.25) is 0 Å². The monoisotopic (exact) mass is 181 g/mol. The number of Topliss-reactive ketones (excluding diaryl/α,β-unsaturated/α-hetero) is 1. The molecule has 2 nitrogen and oxygen atoms in total. The fourth-order valence-electron chi connectivity index (χ4n) is 2.72. The van der Waals surface area contributed by atoms with Crippen LogP contribution in [0.15, 0.2) is 0 Å². The molecule has 2 saturated heterocycles. The second kappa shape index (κ2) is 2.57. The lowest BCUT2D eigenvalue weighted by atomic mass is 9.65. The molecule has 1 N–H and O–H groups in total. The van der Waals surface area contributed by atoms with Gasteiger partial charge in [-0.15, -0.1) is 0 Å². The summed E-state index contributed by atoms with van der Waals surface area (Å²) in [7, 11) is 0. The second-order valence-electron chi connectivity index (χ2n) is 5.47. The number of carbonyl (C=O) groups excluding carboxylic acids is 1. The van der Waals surface area contributed by atoms with Crippen LogP contribution in [0.4, 0.5) is 0 Å². The highest BCUT2D eigenvalue weighted by atomic mass is 16.1. The van der Waals surface area contributed by atoms with Crippen LogP contribution >= 0.6 is 0 Å². The predicted octanol–water partition coefficient (Wildman–Crippen LogP) is 1.89. The SMILES string of the molecule is CC1(C)C(=O)C[C@]2(C)CCC[C@H]1N2. The Morgan fingerprint density at radius 2 is 2.08 bits per heavy atom. The van der Waals surface area contributed by atoms with Gasteiger partial charge in [-0.25, -0.2) is 0 Å². The van der Waals surface area contributed by atoms with Crippen molar-refractivity contribution in [2.45, 2.75) is 58.0 Å². The van der Waals surface area contributed by atoms with Gasteiger partial charge in [0.15, 0.2) is 0 Å². The first-order valence-corrected chi connectivity index (χ1v) is 5.25. The lowest BCUT2D eigenvalue weighted by Crippen LogP contribution is -2.64. The highest BCUT2D eigenvalue weighted by Crippen LogP contribution is 2.40. The normalized spacial score (nSPS) is 43.3. The third kappa shape index (κ3) is 1.32. The Hall–Kier alpha value is -0.370. The summed E-state index contributed by atoms with van der Waals surface area (Å²) in [4.78, 5) is 11.9. The molecule has 0 amide bonds. The van der Waals surface area contributed by atoms with E-state index in [4.69, 9.17) is 0 Å². The van der Waals surface area contributed by atoms with Gasteiger partial charge >= 0.3 is 0 Å². The van der Waals surface area contributed by atoms with E-state index in [-0.39, 0.29) is 11.0 Å². The second-order valence-corrected chi connectivity index (χ2v) is 5.47. The van der Waals surface area contributed by atoms with Crippen LogP contribution in [0.25, 0.3) is 0 Å². The summed E-state index contributed by atoms with van der Waals surface area (Å²) in [5, 5.41) is 3.63. The van der Waals surface area contributed by atoms with Crippen LogP contribution in [0.1, 0.15) is 46.5 Å². The largest absolute Gasteiger partial charge is 0.307 e. The predicted molar refractivity (Wildman–Crippen MR) is 52.6 cm³/mol. The van der Waals surface area contributed by atoms with E-state index in [1.165, 1.54) is 6.42 Å². The van der Waals surface area contributed by atoms with E-state index < -0.39 is 0 Å². The zero-order valence-corrected chi connectivity index (χ0v) is 8.81. The highest BCUT2D eigenvalue weighted by molar-refractivity contribution is 5.87. The number of nitrogens with one attached hydrogen (secondary N) is 1. The van der Waals surface area contributed by atoms with E-state index in [2.05, 4.69) is 26.1 Å². The molecule has 0 unspecified atom stereocenters. The molecule has 2 heterocycles. The van der Waals surface area contributed by atoms with E-state index in [0.29, 0.717) is 11.8 Å². The molecule has 0 aliphatic carbocycles. The van der Waals surface area contributed by atoms with Gasteiger partial charge in [-0.1, -0.05) is 20.3 Å². The Labute approximate surface area is 80.1 Å². The number of piperidine rings is 2. The first-order chi connectivity index (χ1) is 5.94. The molecule has 0 saturated carbocycles. The molecule has 0 radical (unpaired) electrons. The van der Waals surface area contributed by atoms with Crippen molar-refractivity contribution in [3.05, 3.63) is 0 Å². The summed E-state index contributed by atoms with van der Waals surface area (Å²) in [6, 6.07) is 0.410. The molecule has 2 atom stereocenters. The Morgan fingerprint density at radius 1 is 1.38 bits per heavy atom. The van der Waals surface area contributed by atoms with Crippen molar-refractivity contribution in [1.29, 1.82) is 0 Å². The van der Waals surface area contributed by atoms with E-state index in [0.717, 1.165) is 19.3 Å². The zero-order chi connectivity index (χ0) is 9.69. The molecular weight excluding hydrogens is 162 g/mol. The van der Waals surface area contributed by atoms with Gasteiger partial charge < -0.3 is 5.32 Å². The zero-order valence-electron chi connectivity index (χ0n) is 8.81. The Bertz CT molecular complexity index is 246. The number of hydrogen-bond donors (Lipinski definition) is 1. The highest BCUT2D eigenvalue weighted by Gasteiger charge is 2.48. The number of fused-ring (bicyclic) bond motifs is 2. The topological polar surface area (TPSA) is 29.1 Å². The molecule has 0 aromatic carbocycles. The number of carbonyl (C=O) groups is 1. The molecule has 2 heteroatoms. The average molecular weight is 181 g/mol. The van der Waals surface area contributed by atoms with Gasteiger partial charge in [0.25, 0.3) is 0 Å². The standard InChI is InChI=1S/C11H19NO/c1-10(2)8-5-4-6-11(3,12-8)7-9(10)13/h8,12H,4-7H2,1-3H3/t8-,11+/m1/s1.